The average molecular weight is 298 g/mol. The SMILES string of the molecule is CC(C)N1CCC(Oc2cccc(Br)c2)CC1. The van der Waals surface area contributed by atoms with Gasteiger partial charge in [0.1, 0.15) is 11.9 Å². The Morgan fingerprint density at radius 3 is 2.59 bits per heavy atom. The molecule has 3 heteroatoms. The highest BCUT2D eigenvalue weighted by molar-refractivity contribution is 9.10. The third-order valence-corrected chi connectivity index (χ3v) is 3.80. The van der Waals surface area contributed by atoms with E-state index >= 15 is 0 Å². The van der Waals surface area contributed by atoms with E-state index in [0.717, 1.165) is 36.2 Å². The third-order valence-electron chi connectivity index (χ3n) is 3.31. The van der Waals surface area contributed by atoms with Crippen molar-refractivity contribution < 1.29 is 4.74 Å². The van der Waals surface area contributed by atoms with E-state index in [-0.39, 0.29) is 0 Å². The second-order valence-electron chi connectivity index (χ2n) is 4.90. The Labute approximate surface area is 112 Å². The summed E-state index contributed by atoms with van der Waals surface area (Å²) in [6.45, 7) is 6.82. The van der Waals surface area contributed by atoms with Crippen LogP contribution in [0.15, 0.2) is 28.7 Å². The minimum absolute atomic E-state index is 0.374. The lowest BCUT2D eigenvalue weighted by Crippen LogP contribution is -2.41. The van der Waals surface area contributed by atoms with Gasteiger partial charge in [0.25, 0.3) is 0 Å². The molecule has 0 bridgehead atoms. The molecule has 0 amide bonds. The first-order valence-corrected chi connectivity index (χ1v) is 7.11. The first kappa shape index (κ1) is 12.9. The van der Waals surface area contributed by atoms with E-state index in [2.05, 4.69) is 34.7 Å². The molecule has 94 valence electrons. The molecule has 0 radical (unpaired) electrons. The quantitative estimate of drug-likeness (QED) is 0.843. The molecule has 1 heterocycles. The first-order chi connectivity index (χ1) is 8.15. The zero-order chi connectivity index (χ0) is 12.3. The minimum atomic E-state index is 0.374. The van der Waals surface area contributed by atoms with Crippen LogP contribution in [0.3, 0.4) is 0 Å². The molecule has 2 nitrogen and oxygen atoms in total. The van der Waals surface area contributed by atoms with Gasteiger partial charge in [0.05, 0.1) is 0 Å². The number of likely N-dealkylation sites (tertiary alicyclic amines) is 1. The van der Waals surface area contributed by atoms with E-state index < -0.39 is 0 Å². The summed E-state index contributed by atoms with van der Waals surface area (Å²) >= 11 is 3.47. The summed E-state index contributed by atoms with van der Waals surface area (Å²) in [7, 11) is 0. The van der Waals surface area contributed by atoms with Crippen molar-refractivity contribution in [2.45, 2.75) is 38.8 Å². The lowest BCUT2D eigenvalue weighted by atomic mass is 10.1. The van der Waals surface area contributed by atoms with Crippen LogP contribution in [-0.4, -0.2) is 30.1 Å². The standard InChI is InChI=1S/C14H20BrNO/c1-11(2)16-8-6-13(7-9-16)17-14-5-3-4-12(15)10-14/h3-5,10-11,13H,6-9H2,1-2H3. The number of hydrogen-bond acceptors (Lipinski definition) is 2. The summed E-state index contributed by atoms with van der Waals surface area (Å²) in [6.07, 6.45) is 2.63. The molecule has 1 aliphatic heterocycles. The molecule has 1 aromatic carbocycles. The lowest BCUT2D eigenvalue weighted by molar-refractivity contribution is 0.0843. The van der Waals surface area contributed by atoms with Crippen molar-refractivity contribution >= 4 is 15.9 Å². The molecule has 2 rings (SSSR count). The van der Waals surface area contributed by atoms with Gasteiger partial charge < -0.3 is 9.64 Å². The van der Waals surface area contributed by atoms with Gasteiger partial charge in [-0.15, -0.1) is 0 Å². The molecule has 0 N–H and O–H groups in total. The first-order valence-electron chi connectivity index (χ1n) is 6.31. The van der Waals surface area contributed by atoms with Crippen LogP contribution < -0.4 is 4.74 Å². The van der Waals surface area contributed by atoms with E-state index in [9.17, 15) is 0 Å². The molecule has 0 saturated carbocycles. The van der Waals surface area contributed by atoms with Crippen molar-refractivity contribution in [1.82, 2.24) is 4.90 Å². The van der Waals surface area contributed by atoms with E-state index in [0.29, 0.717) is 12.1 Å². The van der Waals surface area contributed by atoms with Crippen molar-refractivity contribution in [2.24, 2.45) is 0 Å². The number of benzene rings is 1. The van der Waals surface area contributed by atoms with Crippen molar-refractivity contribution in [3.8, 4) is 5.75 Å². The van der Waals surface area contributed by atoms with Crippen LogP contribution in [0.5, 0.6) is 5.75 Å². The Morgan fingerprint density at radius 1 is 1.29 bits per heavy atom. The number of halogens is 1. The molecule has 1 saturated heterocycles. The number of rotatable bonds is 3. The highest BCUT2D eigenvalue weighted by atomic mass is 79.9. The molecule has 0 spiro atoms. The van der Waals surface area contributed by atoms with Crippen LogP contribution in [0.25, 0.3) is 0 Å². The minimum Gasteiger partial charge on any atom is -0.490 e. The van der Waals surface area contributed by atoms with Gasteiger partial charge in [-0.1, -0.05) is 22.0 Å². The molecule has 1 aromatic rings. The normalized spacial score (nSPS) is 18.6. The van der Waals surface area contributed by atoms with Crippen LogP contribution in [0.2, 0.25) is 0 Å². The van der Waals surface area contributed by atoms with E-state index in [1.165, 1.54) is 0 Å². The zero-order valence-electron chi connectivity index (χ0n) is 10.5. The van der Waals surface area contributed by atoms with Gasteiger partial charge in [-0.25, -0.2) is 0 Å². The molecular formula is C14H20BrNO. The fourth-order valence-corrected chi connectivity index (χ4v) is 2.62. The number of ether oxygens (including phenoxy) is 1. The van der Waals surface area contributed by atoms with E-state index in [4.69, 9.17) is 4.74 Å². The largest absolute Gasteiger partial charge is 0.490 e. The van der Waals surface area contributed by atoms with Gasteiger partial charge in [-0.2, -0.15) is 0 Å². The monoisotopic (exact) mass is 297 g/mol. The molecule has 17 heavy (non-hydrogen) atoms. The zero-order valence-corrected chi connectivity index (χ0v) is 12.1. The summed E-state index contributed by atoms with van der Waals surface area (Å²) in [5.74, 6) is 0.974. The van der Waals surface area contributed by atoms with Gasteiger partial charge >= 0.3 is 0 Å². The molecule has 0 atom stereocenters. The molecule has 0 unspecified atom stereocenters. The fraction of sp³-hybridized carbons (Fsp3) is 0.571. The number of piperidine rings is 1. The van der Waals surface area contributed by atoms with Crippen LogP contribution in [0.1, 0.15) is 26.7 Å². The van der Waals surface area contributed by atoms with Crippen LogP contribution in [0.4, 0.5) is 0 Å². The second-order valence-corrected chi connectivity index (χ2v) is 5.82. The average Bonchev–Trinajstić information content (AvgIpc) is 2.29. The smallest absolute Gasteiger partial charge is 0.120 e. The molecular weight excluding hydrogens is 278 g/mol. The van der Waals surface area contributed by atoms with Crippen LogP contribution in [-0.2, 0) is 0 Å². The summed E-state index contributed by atoms with van der Waals surface area (Å²) in [4.78, 5) is 2.51. The summed E-state index contributed by atoms with van der Waals surface area (Å²) in [6, 6.07) is 8.76. The maximum absolute atomic E-state index is 6.01. The maximum Gasteiger partial charge on any atom is 0.120 e. The van der Waals surface area contributed by atoms with Crippen molar-refractivity contribution in [1.29, 1.82) is 0 Å². The summed E-state index contributed by atoms with van der Waals surface area (Å²) in [5, 5.41) is 0. The Kier molecular flexibility index (Phi) is 4.46. The maximum atomic E-state index is 6.01. The van der Waals surface area contributed by atoms with Gasteiger partial charge in [-0.05, 0) is 44.9 Å². The molecule has 1 aliphatic rings. The summed E-state index contributed by atoms with van der Waals surface area (Å²) < 4.78 is 7.09. The van der Waals surface area contributed by atoms with E-state index in [1.54, 1.807) is 0 Å². The molecule has 1 fully saturated rings. The molecule has 0 aromatic heterocycles. The Morgan fingerprint density at radius 2 is 2.00 bits per heavy atom. The number of nitrogens with zero attached hydrogens (tertiary/aromatic N) is 1. The van der Waals surface area contributed by atoms with Crippen LogP contribution >= 0.6 is 15.9 Å². The highest BCUT2D eigenvalue weighted by Crippen LogP contribution is 2.22. The Bertz CT molecular complexity index is 359. The third kappa shape index (κ3) is 3.71. The van der Waals surface area contributed by atoms with Gasteiger partial charge in [0.15, 0.2) is 0 Å². The highest BCUT2D eigenvalue weighted by Gasteiger charge is 2.21. The van der Waals surface area contributed by atoms with Crippen molar-refractivity contribution in [3.63, 3.8) is 0 Å². The molecule has 0 aliphatic carbocycles. The van der Waals surface area contributed by atoms with Crippen molar-refractivity contribution in [2.75, 3.05) is 13.1 Å². The van der Waals surface area contributed by atoms with Gasteiger partial charge in [-0.3, -0.25) is 0 Å². The number of hydrogen-bond donors (Lipinski definition) is 0. The Balaban J connectivity index is 1.86. The van der Waals surface area contributed by atoms with Gasteiger partial charge in [0, 0.05) is 23.6 Å². The van der Waals surface area contributed by atoms with Crippen LogP contribution in [0, 0.1) is 0 Å². The van der Waals surface area contributed by atoms with Gasteiger partial charge in [0.2, 0.25) is 0 Å². The predicted molar refractivity (Wildman–Crippen MR) is 74.5 cm³/mol. The fourth-order valence-electron chi connectivity index (χ4n) is 2.24. The second kappa shape index (κ2) is 5.87. The Hall–Kier alpha value is -0.540. The van der Waals surface area contributed by atoms with E-state index in [1.807, 2.05) is 24.3 Å². The predicted octanol–water partition coefficient (Wildman–Crippen LogP) is 3.70. The lowest BCUT2D eigenvalue weighted by Gasteiger charge is -2.34. The van der Waals surface area contributed by atoms with Crippen molar-refractivity contribution in [3.05, 3.63) is 28.7 Å². The summed E-state index contributed by atoms with van der Waals surface area (Å²) in [5.41, 5.74) is 0. The topological polar surface area (TPSA) is 12.5 Å².